The van der Waals surface area contributed by atoms with Crippen molar-refractivity contribution in [3.05, 3.63) is 76.6 Å². The van der Waals surface area contributed by atoms with Gasteiger partial charge in [0.25, 0.3) is 17.7 Å². The van der Waals surface area contributed by atoms with Gasteiger partial charge in [0.2, 0.25) is 11.8 Å². The molecule has 3 saturated heterocycles. The normalized spacial score (nSPS) is 21.3. The maximum Gasteiger partial charge on any atom is 0.433 e. The van der Waals surface area contributed by atoms with E-state index >= 15 is 0 Å². The third-order valence-corrected chi connectivity index (χ3v) is 14.6. The highest BCUT2D eigenvalue weighted by Gasteiger charge is 2.53. The minimum atomic E-state index is -4.70. The van der Waals surface area contributed by atoms with E-state index in [1.165, 1.54) is 17.4 Å². The molecule has 1 aliphatic carbocycles. The largest absolute Gasteiger partial charge is 0.433 e. The maximum absolute atomic E-state index is 13.5. The zero-order valence-corrected chi connectivity index (χ0v) is 36.0. The number of fused-ring (bicyclic) bond motifs is 2. The molecule has 1 unspecified atom stereocenters. The lowest BCUT2D eigenvalue weighted by molar-refractivity contribution is -0.141. The number of thiazole rings is 1. The number of halogens is 3. The van der Waals surface area contributed by atoms with Crippen molar-refractivity contribution in [3.8, 4) is 0 Å². The number of carbonyl (C=O) groups is 5. The molecule has 0 bridgehead atoms. The number of likely N-dealkylation sites (tertiary alicyclic amines) is 1. The highest BCUT2D eigenvalue weighted by molar-refractivity contribution is 7.22. The van der Waals surface area contributed by atoms with E-state index in [9.17, 15) is 42.3 Å². The van der Waals surface area contributed by atoms with Crippen LogP contribution in [0.3, 0.4) is 0 Å². The third kappa shape index (κ3) is 8.28. The van der Waals surface area contributed by atoms with Crippen molar-refractivity contribution in [1.82, 2.24) is 25.1 Å². The van der Waals surface area contributed by atoms with E-state index in [-0.39, 0.29) is 35.3 Å². The number of pyridine rings is 1. The molecule has 5 aliphatic rings. The van der Waals surface area contributed by atoms with Crippen LogP contribution in [0.25, 0.3) is 10.2 Å². The Balaban J connectivity index is 0.745. The second-order valence-corrected chi connectivity index (χ2v) is 19.6. The number of anilines is 3. The first-order valence-corrected chi connectivity index (χ1v) is 22.3. The molecule has 14 nitrogen and oxygen atoms in total. The van der Waals surface area contributed by atoms with Crippen LogP contribution in [0.1, 0.15) is 102 Å². The second kappa shape index (κ2) is 16.0. The van der Waals surface area contributed by atoms with Crippen molar-refractivity contribution >= 4 is 67.6 Å². The number of carbonyl (C=O) groups excluding carboxylic acids is 5. The molecule has 2 aromatic heterocycles. The Morgan fingerprint density at radius 3 is 2.41 bits per heavy atom. The fourth-order valence-electron chi connectivity index (χ4n) is 10.1. The second-order valence-electron chi connectivity index (χ2n) is 18.6. The van der Waals surface area contributed by atoms with E-state index in [2.05, 4.69) is 37.7 Å². The molecule has 4 aromatic rings. The average molecular weight is 887 g/mol. The Hall–Kier alpha value is -5.46. The van der Waals surface area contributed by atoms with Crippen molar-refractivity contribution in [2.75, 3.05) is 54.8 Å². The van der Waals surface area contributed by atoms with Gasteiger partial charge in [-0.3, -0.25) is 34.2 Å². The topological polar surface area (TPSA) is 177 Å². The van der Waals surface area contributed by atoms with Crippen LogP contribution in [0.15, 0.2) is 48.5 Å². The summed E-state index contributed by atoms with van der Waals surface area (Å²) in [6, 6.07) is 10.7. The lowest BCUT2D eigenvalue weighted by Crippen LogP contribution is -2.64. The van der Waals surface area contributed by atoms with Crippen LogP contribution >= 0.6 is 11.3 Å². The van der Waals surface area contributed by atoms with Crippen molar-refractivity contribution in [2.45, 2.75) is 77.1 Å². The summed E-state index contributed by atoms with van der Waals surface area (Å²) < 4.78 is 40.6. The number of nitrogens with one attached hydrogen (secondary N) is 3. The molecule has 63 heavy (non-hydrogen) atoms. The summed E-state index contributed by atoms with van der Waals surface area (Å²) >= 11 is 1.47. The Bertz CT molecular complexity index is 2520. The molecular weight excluding hydrogens is 838 g/mol. The number of alkyl halides is 3. The van der Waals surface area contributed by atoms with Gasteiger partial charge in [-0.05, 0) is 106 Å². The number of nitrogens with zero attached hydrogens (tertiary/aromatic N) is 5. The zero-order valence-electron chi connectivity index (χ0n) is 35.2. The lowest BCUT2D eigenvalue weighted by atomic mass is 9.54. The van der Waals surface area contributed by atoms with Gasteiger partial charge in [0.1, 0.15) is 17.4 Å². The van der Waals surface area contributed by atoms with Crippen LogP contribution in [-0.4, -0.2) is 99.7 Å². The molecule has 332 valence electrons. The quantitative estimate of drug-likeness (QED) is 0.125. The summed E-state index contributed by atoms with van der Waals surface area (Å²) in [4.78, 5) is 78.3. The van der Waals surface area contributed by atoms with Gasteiger partial charge in [-0.2, -0.15) is 13.2 Å². The number of amides is 5. The monoisotopic (exact) mass is 886 g/mol. The lowest BCUT2D eigenvalue weighted by Gasteiger charge is -2.61. The summed E-state index contributed by atoms with van der Waals surface area (Å²) in [7, 11) is 0. The van der Waals surface area contributed by atoms with E-state index in [1.807, 2.05) is 0 Å². The summed E-state index contributed by atoms with van der Waals surface area (Å²) in [6.45, 7) is 10.9. The number of aromatic nitrogens is 2. The minimum absolute atomic E-state index is 0.0719. The van der Waals surface area contributed by atoms with Gasteiger partial charge in [0, 0.05) is 62.6 Å². The van der Waals surface area contributed by atoms with Gasteiger partial charge in [-0.15, -0.1) is 0 Å². The van der Waals surface area contributed by atoms with Crippen LogP contribution in [0.4, 0.5) is 29.7 Å². The predicted molar refractivity (Wildman–Crippen MR) is 229 cm³/mol. The number of piperidine rings is 2. The van der Waals surface area contributed by atoms with E-state index < -0.39 is 53.0 Å². The molecule has 5 amide bonds. The number of rotatable bonds is 11. The summed E-state index contributed by atoms with van der Waals surface area (Å²) in [6.07, 6.45) is -0.166. The van der Waals surface area contributed by atoms with Crippen LogP contribution < -0.4 is 20.9 Å². The standard InChI is InChI=1S/C45H49F3N8O6S/c1-24(20-49-29-7-4-6-27-37(29)41(61)56(40(27)60)33-10-11-36(57)53-39(33)59)26-18-44(19-26)22-54(23-44)21-25-12-14-55(15-13-25)42-52-32-16-28(43(2,3)62)31(17-34(32)63-42)51-38(58)30-8-5-9-35(50-30)45(46,47)48/h4-9,16-17,24-26,33,49,62H,10-15,18-23H2,1-3H3,(H,51,58)(H,53,57,59)/t24-,33?/m1/s1. The molecule has 2 atom stereocenters. The van der Waals surface area contributed by atoms with Gasteiger partial charge in [-0.25, -0.2) is 9.97 Å². The molecular formula is C45H49F3N8O6S. The van der Waals surface area contributed by atoms with Crippen LogP contribution in [0.2, 0.25) is 0 Å². The average Bonchev–Trinajstić information content (AvgIpc) is 3.74. The molecule has 4 aliphatic heterocycles. The summed E-state index contributed by atoms with van der Waals surface area (Å²) in [5.41, 5.74) is -0.138. The Morgan fingerprint density at radius 1 is 0.984 bits per heavy atom. The highest BCUT2D eigenvalue weighted by Crippen LogP contribution is 2.54. The van der Waals surface area contributed by atoms with Gasteiger partial charge in [0.05, 0.1) is 26.9 Å². The molecule has 18 heteroatoms. The molecule has 1 spiro atoms. The Labute approximate surface area is 365 Å². The van der Waals surface area contributed by atoms with Crippen molar-refractivity contribution in [2.24, 2.45) is 23.2 Å². The van der Waals surface area contributed by atoms with E-state index in [4.69, 9.17) is 4.98 Å². The maximum atomic E-state index is 13.5. The third-order valence-electron chi connectivity index (χ3n) is 13.5. The minimum Gasteiger partial charge on any atom is -0.386 e. The summed E-state index contributed by atoms with van der Waals surface area (Å²) in [5.74, 6) is -1.42. The molecule has 0 radical (unpaired) electrons. The molecule has 9 rings (SSSR count). The van der Waals surface area contributed by atoms with Crippen molar-refractivity contribution in [1.29, 1.82) is 0 Å². The SMILES string of the molecule is C[C@H](CNc1cccc2c1C(=O)N(C1CCC(=O)NC1=O)C2=O)C1CC2(C1)CN(CC1CCN(c3nc4cc(C(C)(C)O)c(NC(=O)c5cccc(C(F)(F)F)n5)cc4s3)CC1)C2. The summed E-state index contributed by atoms with van der Waals surface area (Å²) in [5, 5.41) is 20.2. The number of benzene rings is 2. The number of imide groups is 2. The van der Waals surface area contributed by atoms with E-state index in [0.29, 0.717) is 46.5 Å². The van der Waals surface area contributed by atoms with Gasteiger partial charge in [-0.1, -0.05) is 30.4 Å². The molecule has 4 fully saturated rings. The van der Waals surface area contributed by atoms with Gasteiger partial charge < -0.3 is 25.5 Å². The van der Waals surface area contributed by atoms with Crippen LogP contribution in [0.5, 0.6) is 0 Å². The molecule has 4 N–H and O–H groups in total. The first kappa shape index (κ1) is 42.8. The highest BCUT2D eigenvalue weighted by atomic mass is 32.1. The van der Waals surface area contributed by atoms with Gasteiger partial charge in [0.15, 0.2) is 5.13 Å². The fourth-order valence-corrected chi connectivity index (χ4v) is 11.2. The first-order valence-electron chi connectivity index (χ1n) is 21.4. The van der Waals surface area contributed by atoms with E-state index in [0.717, 1.165) is 85.3 Å². The number of aliphatic hydroxyl groups is 1. The smallest absolute Gasteiger partial charge is 0.386 e. The Kier molecular flexibility index (Phi) is 10.8. The number of hydrogen-bond acceptors (Lipinski definition) is 12. The predicted octanol–water partition coefficient (Wildman–Crippen LogP) is 6.27. The molecule has 6 heterocycles. The van der Waals surface area contributed by atoms with Gasteiger partial charge >= 0.3 is 6.18 Å². The first-order chi connectivity index (χ1) is 29.9. The molecule has 2 aromatic carbocycles. The number of hydrogen-bond donors (Lipinski definition) is 4. The molecule has 1 saturated carbocycles. The van der Waals surface area contributed by atoms with Crippen molar-refractivity contribution in [3.63, 3.8) is 0 Å². The van der Waals surface area contributed by atoms with Crippen LogP contribution in [-0.2, 0) is 21.4 Å². The zero-order chi connectivity index (χ0) is 44.6. The fraction of sp³-hybridized carbons (Fsp3) is 0.489. The Morgan fingerprint density at radius 2 is 1.71 bits per heavy atom. The van der Waals surface area contributed by atoms with Crippen molar-refractivity contribution < 1.29 is 42.3 Å². The van der Waals surface area contributed by atoms with Crippen LogP contribution in [0, 0.1) is 23.2 Å². The van der Waals surface area contributed by atoms with E-state index in [1.54, 1.807) is 44.2 Å².